The zero-order chi connectivity index (χ0) is 19.6. The normalized spacial score (nSPS) is 12.9. The highest BCUT2D eigenvalue weighted by molar-refractivity contribution is 7.88. The Balaban J connectivity index is 2.49. The minimum Gasteiger partial charge on any atom is -0.258 e. The van der Waals surface area contributed by atoms with Crippen LogP contribution >= 0.6 is 0 Å². The molecule has 26 heavy (non-hydrogen) atoms. The molecule has 2 rings (SSSR count). The molecular weight excluding hydrogens is 388 g/mol. The predicted octanol–water partition coefficient (Wildman–Crippen LogP) is 4.05. The lowest BCUT2D eigenvalue weighted by atomic mass is 10.1. The summed E-state index contributed by atoms with van der Waals surface area (Å²) in [6.07, 6.45) is 0.0237. The van der Waals surface area contributed by atoms with Gasteiger partial charge in [0.2, 0.25) is 5.82 Å². The van der Waals surface area contributed by atoms with Crippen molar-refractivity contribution < 1.29 is 35.5 Å². The first-order valence-electron chi connectivity index (χ1n) is 6.63. The number of benzene rings is 2. The van der Waals surface area contributed by atoms with Gasteiger partial charge in [0.15, 0.2) is 23.3 Å². The number of hydrogen-bond donors (Lipinski definition) is 0. The van der Waals surface area contributed by atoms with E-state index in [1.807, 2.05) is 0 Å². The first-order valence-corrected chi connectivity index (χ1v) is 7.95. The van der Waals surface area contributed by atoms with Crippen LogP contribution < -0.4 is 0 Å². The van der Waals surface area contributed by atoms with Gasteiger partial charge in [-0.3, -0.25) is 10.1 Å². The van der Waals surface area contributed by atoms with Crippen molar-refractivity contribution in [3.8, 4) is 0 Å². The zero-order valence-corrected chi connectivity index (χ0v) is 13.3. The SMILES string of the molecule is O=[N+]([O-])/C(=C\c1c(F)c(F)c(F)c(F)c1F)S(=O)Cc1ccc(F)cc1. The summed E-state index contributed by atoms with van der Waals surface area (Å²) in [5.41, 5.74) is -1.39. The molecule has 0 aliphatic carbocycles. The quantitative estimate of drug-likeness (QED) is 0.252. The fourth-order valence-corrected chi connectivity index (χ4v) is 2.94. The molecular formula is C15H7F6NO3S. The van der Waals surface area contributed by atoms with E-state index in [9.17, 15) is 40.7 Å². The average Bonchev–Trinajstić information content (AvgIpc) is 2.60. The average molecular weight is 395 g/mol. The number of rotatable bonds is 5. The van der Waals surface area contributed by atoms with Gasteiger partial charge >= 0.3 is 5.03 Å². The molecule has 0 amide bonds. The van der Waals surface area contributed by atoms with Gasteiger partial charge in [0, 0.05) is 6.08 Å². The van der Waals surface area contributed by atoms with Crippen molar-refractivity contribution in [1.82, 2.24) is 0 Å². The molecule has 0 aliphatic rings. The van der Waals surface area contributed by atoms with Gasteiger partial charge in [-0.15, -0.1) is 0 Å². The lowest BCUT2D eigenvalue weighted by molar-refractivity contribution is -0.409. The third kappa shape index (κ3) is 3.93. The molecule has 0 aromatic heterocycles. The second kappa shape index (κ2) is 7.68. The Morgan fingerprint density at radius 1 is 0.923 bits per heavy atom. The Hall–Kier alpha value is -2.69. The molecule has 1 atom stereocenters. The summed E-state index contributed by atoms with van der Waals surface area (Å²) in [6, 6.07) is 4.32. The van der Waals surface area contributed by atoms with Gasteiger partial charge in [0.05, 0.1) is 16.2 Å². The van der Waals surface area contributed by atoms with E-state index in [0.717, 1.165) is 12.1 Å². The van der Waals surface area contributed by atoms with E-state index >= 15 is 0 Å². The molecule has 4 nitrogen and oxygen atoms in total. The van der Waals surface area contributed by atoms with E-state index in [1.165, 1.54) is 12.1 Å². The van der Waals surface area contributed by atoms with E-state index in [-0.39, 0.29) is 11.6 Å². The van der Waals surface area contributed by atoms with Gasteiger partial charge in [-0.1, -0.05) is 12.1 Å². The van der Waals surface area contributed by atoms with E-state index in [2.05, 4.69) is 0 Å². The second-order valence-electron chi connectivity index (χ2n) is 4.84. The lowest BCUT2D eigenvalue weighted by Gasteiger charge is -2.05. The van der Waals surface area contributed by atoms with Crippen LogP contribution in [0.1, 0.15) is 11.1 Å². The predicted molar refractivity (Wildman–Crippen MR) is 79.4 cm³/mol. The largest absolute Gasteiger partial charge is 0.333 e. The van der Waals surface area contributed by atoms with Crippen molar-refractivity contribution in [2.75, 3.05) is 0 Å². The van der Waals surface area contributed by atoms with Crippen molar-refractivity contribution in [3.63, 3.8) is 0 Å². The van der Waals surface area contributed by atoms with Crippen molar-refractivity contribution >= 4 is 16.9 Å². The highest BCUT2D eigenvalue weighted by Crippen LogP contribution is 2.26. The number of halogens is 6. The van der Waals surface area contributed by atoms with Gasteiger partial charge in [-0.05, 0) is 17.7 Å². The Labute approximate surface area is 144 Å². The minimum absolute atomic E-state index is 0.0237. The Kier molecular flexibility index (Phi) is 5.80. The van der Waals surface area contributed by atoms with Gasteiger partial charge < -0.3 is 0 Å². The first kappa shape index (κ1) is 19.6. The third-order valence-electron chi connectivity index (χ3n) is 3.14. The molecule has 0 radical (unpaired) electrons. The Morgan fingerprint density at radius 3 is 1.85 bits per heavy atom. The molecule has 1 unspecified atom stereocenters. The smallest absolute Gasteiger partial charge is 0.258 e. The first-order chi connectivity index (χ1) is 12.1. The standard InChI is InChI=1S/C15H7F6NO3S/c16-8-3-1-7(2-4-8)6-26(25)10(22(23)24)5-9-11(17)13(19)15(21)14(20)12(9)18/h1-5H,6H2/b10-5+. The van der Waals surface area contributed by atoms with E-state index in [0.29, 0.717) is 0 Å². The van der Waals surface area contributed by atoms with Gasteiger partial charge in [-0.2, -0.15) is 0 Å². The summed E-state index contributed by atoms with van der Waals surface area (Å²) in [7, 11) is -2.51. The minimum atomic E-state index is -2.51. The van der Waals surface area contributed by atoms with E-state index in [1.54, 1.807) is 0 Å². The van der Waals surface area contributed by atoms with Crippen LogP contribution in [0.2, 0.25) is 0 Å². The van der Waals surface area contributed by atoms with Crippen LogP contribution in [0.4, 0.5) is 26.3 Å². The van der Waals surface area contributed by atoms with E-state index in [4.69, 9.17) is 0 Å². The highest BCUT2D eigenvalue weighted by Gasteiger charge is 2.28. The van der Waals surface area contributed by atoms with Crippen LogP contribution in [0.15, 0.2) is 29.3 Å². The molecule has 11 heteroatoms. The lowest BCUT2D eigenvalue weighted by Crippen LogP contribution is -2.10. The molecule has 138 valence electrons. The number of hydrogen-bond acceptors (Lipinski definition) is 3. The van der Waals surface area contributed by atoms with Gasteiger partial charge in [0.25, 0.3) is 0 Å². The molecule has 0 fully saturated rings. The fraction of sp³-hybridized carbons (Fsp3) is 0.0667. The summed E-state index contributed by atoms with van der Waals surface area (Å²) in [6.45, 7) is 0. The van der Waals surface area contributed by atoms with Crippen LogP contribution in [-0.4, -0.2) is 9.13 Å². The molecule has 0 saturated heterocycles. The molecule has 0 spiro atoms. The second-order valence-corrected chi connectivity index (χ2v) is 6.24. The van der Waals surface area contributed by atoms with Crippen LogP contribution in [0.3, 0.4) is 0 Å². The summed E-state index contributed by atoms with van der Waals surface area (Å²) >= 11 is 0. The summed E-state index contributed by atoms with van der Waals surface area (Å²) in [4.78, 5) is 9.76. The molecule has 0 aliphatic heterocycles. The summed E-state index contributed by atoms with van der Waals surface area (Å²) < 4.78 is 91.5. The van der Waals surface area contributed by atoms with Crippen molar-refractivity contribution in [3.05, 3.63) is 85.4 Å². The maximum absolute atomic E-state index is 13.6. The van der Waals surface area contributed by atoms with Gasteiger partial charge in [-0.25, -0.2) is 30.6 Å². The van der Waals surface area contributed by atoms with Crippen LogP contribution in [0, 0.1) is 45.0 Å². The Bertz CT molecular complexity index is 901. The molecule has 0 saturated carbocycles. The zero-order valence-electron chi connectivity index (χ0n) is 12.4. The highest BCUT2D eigenvalue weighted by atomic mass is 32.2. The topological polar surface area (TPSA) is 60.2 Å². The maximum Gasteiger partial charge on any atom is 0.333 e. The number of nitrogens with zero attached hydrogens (tertiary/aromatic N) is 1. The summed E-state index contributed by atoms with van der Waals surface area (Å²) in [5.74, 6) is -12.7. The molecule has 2 aromatic carbocycles. The fourth-order valence-electron chi connectivity index (χ4n) is 1.88. The third-order valence-corrected chi connectivity index (χ3v) is 4.46. The molecule has 0 heterocycles. The Morgan fingerprint density at radius 2 is 1.38 bits per heavy atom. The number of nitro groups is 1. The maximum atomic E-state index is 13.6. The van der Waals surface area contributed by atoms with Crippen LogP contribution in [-0.2, 0) is 16.6 Å². The van der Waals surface area contributed by atoms with Crippen molar-refractivity contribution in [2.24, 2.45) is 0 Å². The van der Waals surface area contributed by atoms with Crippen LogP contribution in [0.5, 0.6) is 0 Å². The molecule has 0 N–H and O–H groups in total. The summed E-state index contributed by atoms with van der Waals surface area (Å²) in [5, 5.41) is 9.75. The van der Waals surface area contributed by atoms with Gasteiger partial charge in [0.1, 0.15) is 16.6 Å². The van der Waals surface area contributed by atoms with Crippen LogP contribution in [0.25, 0.3) is 6.08 Å². The van der Waals surface area contributed by atoms with Crippen molar-refractivity contribution in [2.45, 2.75) is 5.75 Å². The van der Waals surface area contributed by atoms with E-state index < -0.39 is 67.0 Å². The van der Waals surface area contributed by atoms with Crippen molar-refractivity contribution in [1.29, 1.82) is 0 Å². The molecule has 2 aromatic rings. The molecule has 0 bridgehead atoms. The monoisotopic (exact) mass is 395 g/mol.